The van der Waals surface area contributed by atoms with Gasteiger partial charge in [0.05, 0.1) is 0 Å². The van der Waals surface area contributed by atoms with Crippen molar-refractivity contribution >= 4 is 11.6 Å². The lowest BCUT2D eigenvalue weighted by atomic mass is 10.1. The SMILES string of the molecule is CNCC/C=C/Cc1ccc(Cl)c(C)c1. The standard InChI is InChI=1S/C13H18ClN/c1-11-10-12(7-8-13(11)14)6-4-3-5-9-15-2/h3-4,7-8,10,15H,5-6,9H2,1-2H3/b4-3+. The smallest absolute Gasteiger partial charge is 0.0435 e. The molecule has 1 nitrogen and oxygen atoms in total. The Morgan fingerprint density at radius 1 is 1.33 bits per heavy atom. The molecular weight excluding hydrogens is 206 g/mol. The summed E-state index contributed by atoms with van der Waals surface area (Å²) in [6, 6.07) is 6.19. The predicted octanol–water partition coefficient (Wildman–Crippen LogP) is 3.36. The van der Waals surface area contributed by atoms with E-state index in [2.05, 4.69) is 29.6 Å². The topological polar surface area (TPSA) is 12.0 Å². The number of rotatable bonds is 5. The largest absolute Gasteiger partial charge is 0.319 e. The first-order valence-electron chi connectivity index (χ1n) is 5.28. The van der Waals surface area contributed by atoms with Crippen molar-refractivity contribution in [2.24, 2.45) is 0 Å². The highest BCUT2D eigenvalue weighted by molar-refractivity contribution is 6.31. The highest BCUT2D eigenvalue weighted by Crippen LogP contribution is 2.16. The van der Waals surface area contributed by atoms with E-state index < -0.39 is 0 Å². The average Bonchev–Trinajstić information content (AvgIpc) is 2.23. The normalized spacial score (nSPS) is 11.1. The third kappa shape index (κ3) is 4.50. The molecule has 0 aromatic heterocycles. The predicted molar refractivity (Wildman–Crippen MR) is 67.6 cm³/mol. The molecule has 2 heteroatoms. The highest BCUT2D eigenvalue weighted by Gasteiger charge is 1.95. The van der Waals surface area contributed by atoms with E-state index >= 15 is 0 Å². The molecule has 0 aliphatic rings. The Balaban J connectivity index is 2.44. The van der Waals surface area contributed by atoms with Gasteiger partial charge in [-0.2, -0.15) is 0 Å². The van der Waals surface area contributed by atoms with Crippen LogP contribution in [0.15, 0.2) is 30.4 Å². The average molecular weight is 224 g/mol. The molecule has 1 aromatic rings. The summed E-state index contributed by atoms with van der Waals surface area (Å²) in [5.41, 5.74) is 2.47. The molecule has 1 N–H and O–H groups in total. The summed E-state index contributed by atoms with van der Waals surface area (Å²) in [4.78, 5) is 0. The van der Waals surface area contributed by atoms with Gasteiger partial charge >= 0.3 is 0 Å². The Kier molecular flexibility index (Phi) is 5.44. The van der Waals surface area contributed by atoms with Crippen molar-refractivity contribution < 1.29 is 0 Å². The number of nitrogens with one attached hydrogen (secondary N) is 1. The lowest BCUT2D eigenvalue weighted by Crippen LogP contribution is -2.05. The molecule has 1 rings (SSSR count). The van der Waals surface area contributed by atoms with Crippen molar-refractivity contribution in [1.29, 1.82) is 0 Å². The van der Waals surface area contributed by atoms with Crippen LogP contribution in [0, 0.1) is 6.92 Å². The van der Waals surface area contributed by atoms with Crippen LogP contribution in [-0.4, -0.2) is 13.6 Å². The van der Waals surface area contributed by atoms with E-state index in [-0.39, 0.29) is 0 Å². The third-order valence-corrected chi connectivity index (χ3v) is 2.73. The summed E-state index contributed by atoms with van der Waals surface area (Å²) in [7, 11) is 1.97. The maximum Gasteiger partial charge on any atom is 0.0435 e. The first-order chi connectivity index (χ1) is 7.24. The summed E-state index contributed by atoms with van der Waals surface area (Å²) in [6.45, 7) is 3.08. The van der Waals surface area contributed by atoms with Crippen molar-refractivity contribution in [3.63, 3.8) is 0 Å². The van der Waals surface area contributed by atoms with Gasteiger partial charge in [-0.1, -0.05) is 35.9 Å². The minimum absolute atomic E-state index is 0.845. The fraction of sp³-hybridized carbons (Fsp3) is 0.385. The van der Waals surface area contributed by atoms with Gasteiger partial charge in [-0.25, -0.2) is 0 Å². The monoisotopic (exact) mass is 223 g/mol. The molecule has 0 saturated heterocycles. The molecule has 0 atom stereocenters. The van der Waals surface area contributed by atoms with E-state index in [4.69, 9.17) is 11.6 Å². The van der Waals surface area contributed by atoms with Gasteiger partial charge in [-0.3, -0.25) is 0 Å². The van der Waals surface area contributed by atoms with Crippen LogP contribution in [0.3, 0.4) is 0 Å². The molecule has 0 aliphatic heterocycles. The van der Waals surface area contributed by atoms with Gasteiger partial charge in [-0.05, 0) is 50.6 Å². The van der Waals surface area contributed by atoms with Gasteiger partial charge in [-0.15, -0.1) is 0 Å². The molecule has 0 bridgehead atoms. The molecule has 0 unspecified atom stereocenters. The number of halogens is 1. The quantitative estimate of drug-likeness (QED) is 0.596. The van der Waals surface area contributed by atoms with E-state index in [1.165, 1.54) is 5.56 Å². The molecule has 0 aliphatic carbocycles. The van der Waals surface area contributed by atoms with Crippen LogP contribution in [0.25, 0.3) is 0 Å². The van der Waals surface area contributed by atoms with Crippen molar-refractivity contribution in [3.8, 4) is 0 Å². The molecule has 1 aromatic carbocycles. The van der Waals surface area contributed by atoms with Gasteiger partial charge < -0.3 is 5.32 Å². The molecule has 15 heavy (non-hydrogen) atoms. The molecule has 0 fully saturated rings. The Hall–Kier alpha value is -0.790. The molecular formula is C13H18ClN. The fourth-order valence-corrected chi connectivity index (χ4v) is 1.52. The lowest BCUT2D eigenvalue weighted by Gasteiger charge is -2.01. The third-order valence-electron chi connectivity index (χ3n) is 2.30. The molecule has 0 heterocycles. The van der Waals surface area contributed by atoms with Gasteiger partial charge in [0.15, 0.2) is 0 Å². The minimum Gasteiger partial charge on any atom is -0.319 e. The van der Waals surface area contributed by atoms with E-state index in [1.807, 2.05) is 20.0 Å². The second-order valence-electron chi connectivity index (χ2n) is 3.65. The second kappa shape index (κ2) is 6.65. The van der Waals surface area contributed by atoms with Crippen LogP contribution in [0.2, 0.25) is 5.02 Å². The number of benzene rings is 1. The van der Waals surface area contributed by atoms with Gasteiger partial charge in [0.1, 0.15) is 0 Å². The maximum atomic E-state index is 5.96. The van der Waals surface area contributed by atoms with Gasteiger partial charge in [0, 0.05) is 5.02 Å². The highest BCUT2D eigenvalue weighted by atomic mass is 35.5. The summed E-state index contributed by atoms with van der Waals surface area (Å²) < 4.78 is 0. The summed E-state index contributed by atoms with van der Waals surface area (Å²) >= 11 is 5.96. The molecule has 82 valence electrons. The first kappa shape index (κ1) is 12.3. The van der Waals surface area contributed by atoms with Crippen LogP contribution in [0.1, 0.15) is 17.5 Å². The second-order valence-corrected chi connectivity index (χ2v) is 4.06. The van der Waals surface area contributed by atoms with Crippen LogP contribution in [-0.2, 0) is 6.42 Å². The van der Waals surface area contributed by atoms with Crippen molar-refractivity contribution in [2.45, 2.75) is 19.8 Å². The molecule has 0 amide bonds. The van der Waals surface area contributed by atoms with E-state index in [0.29, 0.717) is 0 Å². The molecule has 0 saturated carbocycles. The van der Waals surface area contributed by atoms with Crippen molar-refractivity contribution in [1.82, 2.24) is 5.32 Å². The Morgan fingerprint density at radius 2 is 2.13 bits per heavy atom. The summed E-state index contributed by atoms with van der Waals surface area (Å²) in [5, 5.41) is 3.96. The fourth-order valence-electron chi connectivity index (χ4n) is 1.40. The van der Waals surface area contributed by atoms with Crippen LogP contribution in [0.4, 0.5) is 0 Å². The van der Waals surface area contributed by atoms with E-state index in [0.717, 1.165) is 30.0 Å². The summed E-state index contributed by atoms with van der Waals surface area (Å²) in [5.74, 6) is 0. The van der Waals surface area contributed by atoms with Gasteiger partial charge in [0.2, 0.25) is 0 Å². The zero-order valence-electron chi connectivity index (χ0n) is 9.39. The maximum absolute atomic E-state index is 5.96. The Labute approximate surface area is 97.1 Å². The van der Waals surface area contributed by atoms with E-state index in [1.54, 1.807) is 0 Å². The zero-order chi connectivity index (χ0) is 11.1. The van der Waals surface area contributed by atoms with Crippen LogP contribution in [0.5, 0.6) is 0 Å². The molecule has 0 radical (unpaired) electrons. The minimum atomic E-state index is 0.845. The van der Waals surface area contributed by atoms with E-state index in [9.17, 15) is 0 Å². The van der Waals surface area contributed by atoms with Crippen LogP contribution >= 0.6 is 11.6 Å². The number of allylic oxidation sites excluding steroid dienone is 1. The summed E-state index contributed by atoms with van der Waals surface area (Å²) in [6.07, 6.45) is 6.49. The zero-order valence-corrected chi connectivity index (χ0v) is 10.1. The van der Waals surface area contributed by atoms with Crippen molar-refractivity contribution in [3.05, 3.63) is 46.5 Å². The van der Waals surface area contributed by atoms with Crippen LogP contribution < -0.4 is 5.32 Å². The van der Waals surface area contributed by atoms with Crippen molar-refractivity contribution in [2.75, 3.05) is 13.6 Å². The van der Waals surface area contributed by atoms with Gasteiger partial charge in [0.25, 0.3) is 0 Å². The molecule has 0 spiro atoms. The Bertz CT molecular complexity index is 331. The Morgan fingerprint density at radius 3 is 2.80 bits per heavy atom. The number of hydrogen-bond donors (Lipinski definition) is 1. The first-order valence-corrected chi connectivity index (χ1v) is 5.66. The number of hydrogen-bond acceptors (Lipinski definition) is 1. The lowest BCUT2D eigenvalue weighted by molar-refractivity contribution is 0.806. The number of aryl methyl sites for hydroxylation is 1.